The van der Waals surface area contributed by atoms with Gasteiger partial charge in [0.2, 0.25) is 0 Å². The van der Waals surface area contributed by atoms with E-state index in [9.17, 15) is 20.3 Å². The third kappa shape index (κ3) is 4.20. The van der Waals surface area contributed by atoms with Crippen molar-refractivity contribution in [3.8, 4) is 23.3 Å². The fraction of sp³-hybridized carbons (Fsp3) is 0.214. The summed E-state index contributed by atoms with van der Waals surface area (Å²) in [5.74, 6) is 0.699. The Balaban J connectivity index is 1.42. The van der Waals surface area contributed by atoms with Crippen LogP contribution in [0.15, 0.2) is 66.7 Å². The second-order valence-electron chi connectivity index (χ2n) is 8.76. The van der Waals surface area contributed by atoms with Gasteiger partial charge in [-0.2, -0.15) is 5.26 Å². The van der Waals surface area contributed by atoms with Gasteiger partial charge in [-0.25, -0.2) is 0 Å². The molecule has 1 heterocycles. The molecule has 0 spiro atoms. The first-order valence-corrected chi connectivity index (χ1v) is 11.3. The van der Waals surface area contributed by atoms with Crippen molar-refractivity contribution >= 4 is 16.9 Å². The Kier molecular flexibility index (Phi) is 5.69. The van der Waals surface area contributed by atoms with Gasteiger partial charge in [0, 0.05) is 28.9 Å². The van der Waals surface area contributed by atoms with Gasteiger partial charge in [0.05, 0.1) is 11.6 Å². The van der Waals surface area contributed by atoms with Crippen LogP contribution in [0.1, 0.15) is 47.6 Å². The van der Waals surface area contributed by atoms with Gasteiger partial charge in [0.1, 0.15) is 17.2 Å². The summed E-state index contributed by atoms with van der Waals surface area (Å²) in [5.41, 5.74) is 4.98. The maximum absolute atomic E-state index is 12.5. The second-order valence-corrected chi connectivity index (χ2v) is 8.76. The van der Waals surface area contributed by atoms with Crippen LogP contribution < -0.4 is 4.74 Å². The van der Waals surface area contributed by atoms with Gasteiger partial charge in [0.25, 0.3) is 0 Å². The number of carbonyl (C=O) groups excluding carboxylic acids is 1. The molecule has 5 rings (SSSR count). The number of benzene rings is 3. The number of nitrogens with one attached hydrogen (secondary N) is 1. The second kappa shape index (κ2) is 8.95. The highest BCUT2D eigenvalue weighted by atomic mass is 16.5. The number of esters is 1. The molecule has 3 N–H and O–H groups in total. The SMILES string of the molecule is N#Cc1ccc(C2c3[nH]c4ccc(O)cc4c3CCC2CCC(=O)Oc2ccc(O)cc2)cc1. The van der Waals surface area contributed by atoms with Crippen LogP contribution in [0.3, 0.4) is 0 Å². The molecule has 0 amide bonds. The first-order valence-electron chi connectivity index (χ1n) is 11.3. The van der Waals surface area contributed by atoms with Crippen LogP contribution >= 0.6 is 0 Å². The number of nitriles is 1. The number of aryl methyl sites for hydroxylation is 1. The minimum Gasteiger partial charge on any atom is -0.508 e. The summed E-state index contributed by atoms with van der Waals surface area (Å²) < 4.78 is 5.44. The van der Waals surface area contributed by atoms with Gasteiger partial charge in [-0.05, 0) is 90.9 Å². The van der Waals surface area contributed by atoms with Crippen LogP contribution in [0, 0.1) is 17.2 Å². The smallest absolute Gasteiger partial charge is 0.311 e. The van der Waals surface area contributed by atoms with E-state index in [1.165, 1.54) is 17.7 Å². The summed E-state index contributed by atoms with van der Waals surface area (Å²) in [4.78, 5) is 16.1. The fourth-order valence-electron chi connectivity index (χ4n) is 5.04. The predicted octanol–water partition coefficient (Wildman–Crippen LogP) is 5.53. The molecule has 0 saturated heterocycles. The summed E-state index contributed by atoms with van der Waals surface area (Å²) in [7, 11) is 0. The molecular weight excluding hydrogens is 428 g/mol. The van der Waals surface area contributed by atoms with Crippen molar-refractivity contribution in [2.24, 2.45) is 5.92 Å². The van der Waals surface area contributed by atoms with Crippen molar-refractivity contribution < 1.29 is 19.7 Å². The molecule has 170 valence electrons. The van der Waals surface area contributed by atoms with Crippen LogP contribution in [0.25, 0.3) is 10.9 Å². The van der Waals surface area contributed by atoms with Crippen LogP contribution in [-0.2, 0) is 11.2 Å². The molecule has 0 saturated carbocycles. The minimum atomic E-state index is -0.309. The number of carbonyl (C=O) groups is 1. The van der Waals surface area contributed by atoms with Crippen molar-refractivity contribution in [2.75, 3.05) is 0 Å². The highest BCUT2D eigenvalue weighted by Crippen LogP contribution is 2.45. The third-order valence-corrected chi connectivity index (χ3v) is 6.66. The van der Waals surface area contributed by atoms with Gasteiger partial charge in [-0.15, -0.1) is 0 Å². The van der Waals surface area contributed by atoms with E-state index in [1.807, 2.05) is 30.3 Å². The van der Waals surface area contributed by atoms with Gasteiger partial charge in [-0.1, -0.05) is 12.1 Å². The van der Waals surface area contributed by atoms with E-state index in [0.29, 0.717) is 17.7 Å². The Morgan fingerprint density at radius 1 is 1.03 bits per heavy atom. The summed E-state index contributed by atoms with van der Waals surface area (Å²) in [5, 5.41) is 29.7. The Morgan fingerprint density at radius 3 is 2.50 bits per heavy atom. The summed E-state index contributed by atoms with van der Waals surface area (Å²) in [6.45, 7) is 0. The number of aromatic amines is 1. The average molecular weight is 453 g/mol. The maximum atomic E-state index is 12.5. The molecule has 1 aliphatic rings. The van der Waals surface area contributed by atoms with Gasteiger partial charge in [-0.3, -0.25) is 4.79 Å². The highest BCUT2D eigenvalue weighted by Gasteiger charge is 2.34. The number of fused-ring (bicyclic) bond motifs is 3. The molecule has 0 bridgehead atoms. The van der Waals surface area contributed by atoms with E-state index in [4.69, 9.17) is 4.74 Å². The number of aromatic hydroxyl groups is 2. The zero-order valence-electron chi connectivity index (χ0n) is 18.5. The molecule has 1 aromatic heterocycles. The van der Waals surface area contributed by atoms with E-state index in [-0.39, 0.29) is 35.7 Å². The number of ether oxygens (including phenoxy) is 1. The number of hydrogen-bond donors (Lipinski definition) is 3. The number of hydrogen-bond acceptors (Lipinski definition) is 5. The van der Waals surface area contributed by atoms with Gasteiger partial charge in [0.15, 0.2) is 0 Å². The van der Waals surface area contributed by atoms with Crippen molar-refractivity contribution in [1.82, 2.24) is 4.98 Å². The zero-order valence-corrected chi connectivity index (χ0v) is 18.5. The summed E-state index contributed by atoms with van der Waals surface area (Å²) >= 11 is 0. The molecular formula is C28H24N2O4. The van der Waals surface area contributed by atoms with Gasteiger partial charge < -0.3 is 19.9 Å². The molecule has 0 aliphatic heterocycles. The van der Waals surface area contributed by atoms with E-state index in [2.05, 4.69) is 11.1 Å². The van der Waals surface area contributed by atoms with Gasteiger partial charge >= 0.3 is 5.97 Å². The number of phenolic OH excluding ortho intramolecular Hbond substituents is 2. The standard InChI is InChI=1S/C28H24N2O4/c29-16-17-1-3-18(4-2-17)27-19(6-14-26(33)34-22-10-7-20(31)8-11-22)5-12-23-24-15-21(32)9-13-25(24)30-28(23)27/h1-4,7-11,13,15,19,27,30-32H,5-6,12,14H2. The van der Waals surface area contributed by atoms with Crippen molar-refractivity contribution in [1.29, 1.82) is 5.26 Å². The highest BCUT2D eigenvalue weighted by molar-refractivity contribution is 5.86. The lowest BCUT2D eigenvalue weighted by atomic mass is 9.72. The molecule has 6 heteroatoms. The maximum Gasteiger partial charge on any atom is 0.311 e. The largest absolute Gasteiger partial charge is 0.508 e. The van der Waals surface area contributed by atoms with Crippen molar-refractivity contribution in [3.63, 3.8) is 0 Å². The first-order chi connectivity index (χ1) is 16.5. The average Bonchev–Trinajstić information content (AvgIpc) is 3.21. The molecule has 34 heavy (non-hydrogen) atoms. The predicted molar refractivity (Wildman–Crippen MR) is 128 cm³/mol. The Labute approximate surface area is 197 Å². The summed E-state index contributed by atoms with van der Waals surface area (Å²) in [6.07, 6.45) is 2.67. The molecule has 2 unspecified atom stereocenters. The number of phenols is 2. The Bertz CT molecular complexity index is 1380. The van der Waals surface area contributed by atoms with E-state index in [0.717, 1.165) is 35.0 Å². The molecule has 6 nitrogen and oxygen atoms in total. The molecule has 3 aromatic carbocycles. The van der Waals surface area contributed by atoms with Crippen LogP contribution in [0.2, 0.25) is 0 Å². The topological polar surface area (TPSA) is 106 Å². The number of aromatic nitrogens is 1. The number of H-pyrrole nitrogens is 1. The third-order valence-electron chi connectivity index (χ3n) is 6.66. The lowest BCUT2D eigenvalue weighted by Gasteiger charge is -2.32. The lowest BCUT2D eigenvalue weighted by Crippen LogP contribution is -2.23. The van der Waals surface area contributed by atoms with Crippen LogP contribution in [0.4, 0.5) is 0 Å². The normalized spacial score (nSPS) is 17.1. The van der Waals surface area contributed by atoms with Crippen LogP contribution in [-0.4, -0.2) is 21.2 Å². The molecule has 4 aromatic rings. The Morgan fingerprint density at radius 2 is 1.76 bits per heavy atom. The Hall–Kier alpha value is -4.24. The molecule has 0 fully saturated rings. The molecule has 2 atom stereocenters. The molecule has 0 radical (unpaired) electrons. The van der Waals surface area contributed by atoms with Crippen LogP contribution in [0.5, 0.6) is 17.2 Å². The number of nitrogens with zero attached hydrogens (tertiary/aromatic N) is 1. The molecule has 1 aliphatic carbocycles. The first kappa shape index (κ1) is 21.6. The van der Waals surface area contributed by atoms with E-state index < -0.39 is 0 Å². The minimum absolute atomic E-state index is 0.0347. The lowest BCUT2D eigenvalue weighted by molar-refractivity contribution is -0.134. The van der Waals surface area contributed by atoms with Crippen molar-refractivity contribution in [3.05, 3.63) is 89.1 Å². The fourth-order valence-corrected chi connectivity index (χ4v) is 5.04. The number of rotatable bonds is 5. The van der Waals surface area contributed by atoms with Crippen molar-refractivity contribution in [2.45, 2.75) is 31.6 Å². The van der Waals surface area contributed by atoms with E-state index in [1.54, 1.807) is 24.3 Å². The quantitative estimate of drug-likeness (QED) is 0.273. The van der Waals surface area contributed by atoms with E-state index >= 15 is 0 Å². The summed E-state index contributed by atoms with van der Waals surface area (Å²) in [6, 6.07) is 21.3. The monoisotopic (exact) mass is 452 g/mol. The zero-order chi connectivity index (χ0) is 23.7.